The van der Waals surface area contributed by atoms with Gasteiger partial charge in [0.15, 0.2) is 0 Å². The Hall–Kier alpha value is -7.04. The van der Waals surface area contributed by atoms with Gasteiger partial charge in [-0.1, -0.05) is 191 Å². The lowest BCUT2D eigenvalue weighted by Gasteiger charge is -2.27. The van der Waals surface area contributed by atoms with Gasteiger partial charge in [0.25, 0.3) is 0 Å². The van der Waals surface area contributed by atoms with E-state index < -0.39 is 90.5 Å². The molecule has 0 saturated carbocycles. The number of rotatable bonds is 7. The second kappa shape index (κ2) is 17.5. The fourth-order valence-electron chi connectivity index (χ4n) is 8.71. The topological polar surface area (TPSA) is 50.9 Å². The molecular weight excluding hydrogens is 839 g/mol. The first-order valence-corrected chi connectivity index (χ1v) is 23.1. The van der Waals surface area contributed by atoms with Gasteiger partial charge >= 0.3 is 0 Å². The van der Waals surface area contributed by atoms with Gasteiger partial charge in [-0.25, -0.2) is 4.98 Å². The van der Waals surface area contributed by atoms with Gasteiger partial charge in [-0.3, -0.25) is 9.55 Å². The standard InChI is InChI=1S/C65H67N3O/c1-41-22-31-57(53(34-41)44-25-29-50(30-26-44)63(5,6)7)68-58-21-17-20-52(59(58)67-61(68)54-39-51(64(8,9)10)40-55(60(54)69)65(11,12)13)47-35-46(42-18-15-14-16-19-42)36-48(37-47)56-38-45(32-33-66-56)43-23-27-49(28-24-43)62(2,3)4/h14-40,69H,1-13H3/i2D3,3D3,4D3,23D,24D,27D,28D,32D,33D,38D. The molecule has 0 atom stereocenters. The van der Waals surface area contributed by atoms with Crippen molar-refractivity contribution in [3.63, 3.8) is 0 Å². The highest BCUT2D eigenvalue weighted by Gasteiger charge is 2.29. The first kappa shape index (κ1) is 31.2. The third kappa shape index (κ3) is 9.42. The molecule has 2 aromatic heterocycles. The van der Waals surface area contributed by atoms with Crippen LogP contribution in [-0.4, -0.2) is 19.6 Å². The third-order valence-electron chi connectivity index (χ3n) is 12.6. The van der Waals surface area contributed by atoms with E-state index in [2.05, 4.69) is 114 Å². The SMILES string of the molecule is [2H]c1nc(-c2cc(-c3ccccc3)cc(-c3cccc4c3nc(-c3cc(C(C)(C)C)cc(C(C)(C)C)c3O)n4-c3ccc(C)cc3-c3ccc(C(C)(C)C)cc3)c2)c([2H])c(-c2c([2H])c([2H])c(C(C([2H])([2H])[2H])(C([2H])([2H])[2H])C([2H])([2H])[2H])c([2H])c2[2H])c1[2H]. The van der Waals surface area contributed by atoms with Crippen LogP contribution in [0.4, 0.5) is 0 Å². The van der Waals surface area contributed by atoms with E-state index in [1.54, 1.807) is 12.1 Å². The fraction of sp³-hybridized carbons (Fsp3) is 0.262. The molecule has 0 aliphatic heterocycles. The Morgan fingerprint density at radius 2 is 1.19 bits per heavy atom. The van der Waals surface area contributed by atoms with Crippen LogP contribution in [0.3, 0.4) is 0 Å². The Kier molecular flexibility index (Phi) is 7.90. The molecule has 9 rings (SSSR count). The molecule has 69 heavy (non-hydrogen) atoms. The maximum Gasteiger partial charge on any atom is 0.149 e. The second-order valence-electron chi connectivity index (χ2n) is 21.1. The van der Waals surface area contributed by atoms with Crippen molar-refractivity contribution in [2.24, 2.45) is 0 Å². The molecule has 0 aliphatic rings. The molecule has 0 aliphatic carbocycles. The quantitative estimate of drug-likeness (QED) is 0.173. The van der Waals surface area contributed by atoms with Gasteiger partial charge < -0.3 is 5.11 Å². The summed E-state index contributed by atoms with van der Waals surface area (Å²) < 4.78 is 141. The molecule has 1 N–H and O–H groups in total. The van der Waals surface area contributed by atoms with Crippen LogP contribution in [0.2, 0.25) is 0 Å². The number of para-hydroxylation sites is 1. The molecule has 0 spiro atoms. The number of benzene rings is 7. The van der Waals surface area contributed by atoms with E-state index in [9.17, 15) is 9.22 Å². The van der Waals surface area contributed by atoms with Crippen LogP contribution in [0.5, 0.6) is 5.75 Å². The minimum absolute atomic E-state index is 0.0756. The van der Waals surface area contributed by atoms with E-state index in [-0.39, 0.29) is 27.8 Å². The molecule has 0 unspecified atom stereocenters. The van der Waals surface area contributed by atoms with E-state index >= 15 is 0 Å². The molecule has 0 saturated heterocycles. The summed E-state index contributed by atoms with van der Waals surface area (Å²) in [5, 5.41) is 12.7. The van der Waals surface area contributed by atoms with Crippen LogP contribution < -0.4 is 0 Å². The van der Waals surface area contributed by atoms with Crippen LogP contribution in [0.1, 0.15) is 133 Å². The summed E-state index contributed by atoms with van der Waals surface area (Å²) in [6.45, 7) is 9.30. The van der Waals surface area contributed by atoms with Crippen LogP contribution >= 0.6 is 0 Å². The van der Waals surface area contributed by atoms with E-state index in [1.807, 2.05) is 73.7 Å². The molecule has 4 nitrogen and oxygen atoms in total. The normalized spacial score (nSPS) is 16.4. The lowest BCUT2D eigenvalue weighted by molar-refractivity contribution is 0.446. The number of nitrogens with zero attached hydrogens (tertiary/aromatic N) is 3. The van der Waals surface area contributed by atoms with Crippen LogP contribution in [-0.2, 0) is 21.7 Å². The molecule has 0 fully saturated rings. The Bertz CT molecular complexity index is 4050. The summed E-state index contributed by atoms with van der Waals surface area (Å²) in [5.41, 5.74) is 3.14. The van der Waals surface area contributed by atoms with E-state index in [0.717, 1.165) is 39.1 Å². The van der Waals surface area contributed by atoms with Crippen molar-refractivity contribution >= 4 is 11.0 Å². The van der Waals surface area contributed by atoms with Gasteiger partial charge in [0.05, 0.1) is 37.6 Å². The lowest BCUT2D eigenvalue weighted by Crippen LogP contribution is -2.17. The number of hydrogen-bond acceptors (Lipinski definition) is 3. The number of fused-ring (bicyclic) bond motifs is 1. The van der Waals surface area contributed by atoms with Crippen LogP contribution in [0.15, 0.2) is 164 Å². The number of imidazole rings is 1. The Morgan fingerprint density at radius 1 is 0.507 bits per heavy atom. The van der Waals surface area contributed by atoms with E-state index in [1.165, 1.54) is 5.56 Å². The molecule has 0 bridgehead atoms. The molecule has 348 valence electrons. The molecule has 0 amide bonds. The Morgan fingerprint density at radius 3 is 1.86 bits per heavy atom. The smallest absolute Gasteiger partial charge is 0.149 e. The first-order valence-electron chi connectivity index (χ1n) is 31.1. The van der Waals surface area contributed by atoms with Crippen molar-refractivity contribution in [1.82, 2.24) is 14.5 Å². The van der Waals surface area contributed by atoms with Crippen molar-refractivity contribution in [3.8, 4) is 78.6 Å². The number of phenolic OH excluding ortho intramolecular Hbond substituents is 1. The van der Waals surface area contributed by atoms with Gasteiger partial charge in [-0.2, -0.15) is 0 Å². The molecule has 0 radical (unpaired) electrons. The number of phenols is 1. The minimum atomic E-state index is -3.93. The van der Waals surface area contributed by atoms with Gasteiger partial charge in [-0.15, -0.1) is 0 Å². The molecular formula is C65H67N3O. The lowest BCUT2D eigenvalue weighted by atomic mass is 9.79. The van der Waals surface area contributed by atoms with Crippen LogP contribution in [0.25, 0.3) is 83.9 Å². The van der Waals surface area contributed by atoms with Gasteiger partial charge in [-0.05, 0) is 133 Å². The van der Waals surface area contributed by atoms with Crippen molar-refractivity contribution < 1.29 is 27.0 Å². The van der Waals surface area contributed by atoms with Crippen molar-refractivity contribution in [2.75, 3.05) is 0 Å². The average Bonchev–Trinajstić information content (AvgIpc) is 0.998. The molecule has 7 aromatic carbocycles. The van der Waals surface area contributed by atoms with Gasteiger partial charge in [0, 0.05) is 40.8 Å². The fourth-order valence-corrected chi connectivity index (χ4v) is 8.71. The summed E-state index contributed by atoms with van der Waals surface area (Å²) in [5.74, 6) is 0.531. The minimum Gasteiger partial charge on any atom is -0.507 e. The summed E-state index contributed by atoms with van der Waals surface area (Å²) in [4.78, 5) is 10.0. The Labute approximate surface area is 433 Å². The van der Waals surface area contributed by atoms with E-state index in [0.29, 0.717) is 39.1 Å². The number of pyridine rings is 1. The number of aromatic hydroxyl groups is 1. The van der Waals surface area contributed by atoms with Crippen molar-refractivity contribution in [2.45, 2.75) is 111 Å². The molecule has 9 aromatic rings. The average molecular weight is 922 g/mol. The maximum absolute atomic E-state index is 12.7. The van der Waals surface area contributed by atoms with Crippen LogP contribution in [0, 0.1) is 6.92 Å². The third-order valence-corrected chi connectivity index (χ3v) is 12.6. The predicted octanol–water partition coefficient (Wildman–Crippen LogP) is 17.6. The zero-order valence-corrected chi connectivity index (χ0v) is 40.8. The van der Waals surface area contributed by atoms with Gasteiger partial charge in [0.1, 0.15) is 11.6 Å². The number of aromatic nitrogens is 3. The van der Waals surface area contributed by atoms with Crippen molar-refractivity contribution in [3.05, 3.63) is 192 Å². The summed E-state index contributed by atoms with van der Waals surface area (Å²) >= 11 is 0. The highest BCUT2D eigenvalue weighted by Crippen LogP contribution is 2.46. The Balaban J connectivity index is 1.37. The number of aryl methyl sites for hydroxylation is 1. The highest BCUT2D eigenvalue weighted by molar-refractivity contribution is 5.98. The predicted molar refractivity (Wildman–Crippen MR) is 293 cm³/mol. The maximum atomic E-state index is 12.7. The second-order valence-corrected chi connectivity index (χ2v) is 21.1. The summed E-state index contributed by atoms with van der Waals surface area (Å²) in [7, 11) is 0. The first-order chi connectivity index (χ1) is 39.2. The summed E-state index contributed by atoms with van der Waals surface area (Å²) in [6, 6.07) is 33.0. The van der Waals surface area contributed by atoms with Gasteiger partial charge in [0.2, 0.25) is 0 Å². The molecule has 2 heterocycles. The summed E-state index contributed by atoms with van der Waals surface area (Å²) in [6.07, 6.45) is -0.741. The largest absolute Gasteiger partial charge is 0.507 e. The molecule has 4 heteroatoms. The number of hydrogen-bond donors (Lipinski definition) is 1. The highest BCUT2D eigenvalue weighted by atomic mass is 16.3. The monoisotopic (exact) mass is 922 g/mol. The zero-order valence-electron chi connectivity index (χ0n) is 56.8. The van der Waals surface area contributed by atoms with E-state index in [4.69, 9.17) is 22.8 Å². The van der Waals surface area contributed by atoms with Crippen molar-refractivity contribution in [1.29, 1.82) is 0 Å². The zero-order chi connectivity index (χ0) is 62.8.